The Hall–Kier alpha value is -1.71. The van der Waals surface area contributed by atoms with E-state index in [1.807, 2.05) is 6.92 Å². The van der Waals surface area contributed by atoms with E-state index in [2.05, 4.69) is 17.1 Å². The van der Waals surface area contributed by atoms with Gasteiger partial charge in [0.05, 0.1) is 11.9 Å². The predicted molar refractivity (Wildman–Crippen MR) is 97.5 cm³/mol. The molecule has 2 rings (SSSR count). The van der Waals surface area contributed by atoms with Crippen LogP contribution in [-0.4, -0.2) is 55.9 Å². The van der Waals surface area contributed by atoms with Gasteiger partial charge in [0.2, 0.25) is 11.8 Å². The summed E-state index contributed by atoms with van der Waals surface area (Å²) < 4.78 is 39.7. The number of hydrogen-bond donors (Lipinski definition) is 1. The predicted octanol–water partition coefficient (Wildman–Crippen LogP) is 2.04. The number of ether oxygens (including phenoxy) is 2. The quantitative estimate of drug-likeness (QED) is 0.728. The molecule has 1 fully saturated rings. The van der Waals surface area contributed by atoms with Crippen molar-refractivity contribution in [3.05, 3.63) is 18.3 Å². The molecule has 1 aliphatic rings. The highest BCUT2D eigenvalue weighted by Crippen LogP contribution is 2.29. The number of nitrogens with zero attached hydrogens (tertiary/aromatic N) is 1. The third kappa shape index (κ3) is 4.33. The summed E-state index contributed by atoms with van der Waals surface area (Å²) in [7, 11) is -3.69. The summed E-state index contributed by atoms with van der Waals surface area (Å²) in [6.07, 6.45) is 0.783. The van der Waals surface area contributed by atoms with Crippen LogP contribution in [-0.2, 0) is 24.1 Å². The summed E-state index contributed by atoms with van der Waals surface area (Å²) in [4.78, 5) is 12.6. The lowest BCUT2D eigenvalue weighted by atomic mass is 10.2. The second kappa shape index (κ2) is 8.32. The molecular formula is C17H26N2O6S. The standard InChI is InChI=1S/C17H26N2O6S/c1-5-23-11-12(2)14-10-15(25-19-14)18-16(20)17(3,4)26(21,22)13-6-8-24-9-7-13/h10,13H,2,5-9,11H2,1,3-4H3,(H,18,20). The van der Waals surface area contributed by atoms with Crippen molar-refractivity contribution in [2.45, 2.75) is 43.6 Å². The lowest BCUT2D eigenvalue weighted by molar-refractivity contribution is -0.118. The fraction of sp³-hybridized carbons (Fsp3) is 0.647. The fourth-order valence-corrected chi connectivity index (χ4v) is 4.55. The molecule has 1 N–H and O–H groups in total. The van der Waals surface area contributed by atoms with E-state index in [1.165, 1.54) is 19.9 Å². The number of hydrogen-bond acceptors (Lipinski definition) is 7. The first-order valence-corrected chi connectivity index (χ1v) is 10.1. The summed E-state index contributed by atoms with van der Waals surface area (Å²) >= 11 is 0. The largest absolute Gasteiger partial charge is 0.381 e. The molecule has 146 valence electrons. The SMILES string of the molecule is C=C(COCC)c1cc(NC(=O)C(C)(C)S(=O)(=O)C2CCOCC2)on1. The average Bonchev–Trinajstić information content (AvgIpc) is 3.08. The third-order valence-electron chi connectivity index (χ3n) is 4.45. The molecule has 0 atom stereocenters. The number of sulfone groups is 1. The molecule has 1 amide bonds. The van der Waals surface area contributed by atoms with Crippen LogP contribution in [0, 0.1) is 0 Å². The third-order valence-corrected chi connectivity index (χ3v) is 7.41. The van der Waals surface area contributed by atoms with Crippen LogP contribution in [0.2, 0.25) is 0 Å². The van der Waals surface area contributed by atoms with Crippen molar-refractivity contribution in [3.63, 3.8) is 0 Å². The second-order valence-corrected chi connectivity index (χ2v) is 9.42. The Morgan fingerprint density at radius 1 is 1.42 bits per heavy atom. The second-order valence-electron chi connectivity index (χ2n) is 6.64. The van der Waals surface area contributed by atoms with Crippen molar-refractivity contribution in [2.24, 2.45) is 0 Å². The fourth-order valence-electron chi connectivity index (χ4n) is 2.59. The van der Waals surface area contributed by atoms with Crippen molar-refractivity contribution >= 4 is 27.2 Å². The number of rotatable bonds is 8. The van der Waals surface area contributed by atoms with Crippen molar-refractivity contribution in [2.75, 3.05) is 31.7 Å². The van der Waals surface area contributed by atoms with Gasteiger partial charge in [-0.05, 0) is 39.2 Å². The molecule has 0 unspecified atom stereocenters. The highest BCUT2D eigenvalue weighted by molar-refractivity contribution is 7.94. The summed E-state index contributed by atoms with van der Waals surface area (Å²) in [5, 5.41) is 5.73. The topological polar surface area (TPSA) is 108 Å². The molecule has 0 radical (unpaired) electrons. The van der Waals surface area contributed by atoms with E-state index >= 15 is 0 Å². The van der Waals surface area contributed by atoms with Gasteiger partial charge in [0, 0.05) is 25.9 Å². The molecule has 9 heteroatoms. The van der Waals surface area contributed by atoms with Gasteiger partial charge in [-0.15, -0.1) is 0 Å². The minimum atomic E-state index is -3.69. The Bertz CT molecular complexity index is 747. The van der Waals surface area contributed by atoms with Crippen LogP contribution in [0.5, 0.6) is 0 Å². The molecule has 0 aromatic carbocycles. The maximum atomic E-state index is 12.9. The maximum absolute atomic E-state index is 12.9. The van der Waals surface area contributed by atoms with Crippen molar-refractivity contribution in [3.8, 4) is 0 Å². The summed E-state index contributed by atoms with van der Waals surface area (Å²) in [6.45, 7) is 10.1. The lowest BCUT2D eigenvalue weighted by Crippen LogP contribution is -2.50. The van der Waals surface area contributed by atoms with Gasteiger partial charge in [-0.1, -0.05) is 11.7 Å². The van der Waals surface area contributed by atoms with E-state index in [4.69, 9.17) is 14.0 Å². The van der Waals surface area contributed by atoms with Gasteiger partial charge in [0.1, 0.15) is 10.4 Å². The van der Waals surface area contributed by atoms with Crippen LogP contribution in [0.4, 0.5) is 5.88 Å². The van der Waals surface area contributed by atoms with Crippen LogP contribution in [0.3, 0.4) is 0 Å². The minimum Gasteiger partial charge on any atom is -0.381 e. The molecule has 2 heterocycles. The molecular weight excluding hydrogens is 360 g/mol. The van der Waals surface area contributed by atoms with Gasteiger partial charge in [-0.25, -0.2) is 8.42 Å². The van der Waals surface area contributed by atoms with Crippen molar-refractivity contribution < 1.29 is 27.2 Å². The highest BCUT2D eigenvalue weighted by Gasteiger charge is 2.46. The Balaban J connectivity index is 2.08. The van der Waals surface area contributed by atoms with E-state index < -0.39 is 25.7 Å². The number of carbonyl (C=O) groups is 1. The van der Waals surface area contributed by atoms with Crippen LogP contribution in [0.1, 0.15) is 39.3 Å². The van der Waals surface area contributed by atoms with Crippen LogP contribution in [0.25, 0.3) is 5.57 Å². The molecule has 0 spiro atoms. The Labute approximate surface area is 153 Å². The zero-order valence-electron chi connectivity index (χ0n) is 15.4. The number of anilines is 1. The minimum absolute atomic E-state index is 0.0675. The number of aromatic nitrogens is 1. The zero-order valence-corrected chi connectivity index (χ0v) is 16.2. The highest BCUT2D eigenvalue weighted by atomic mass is 32.2. The van der Waals surface area contributed by atoms with Gasteiger partial charge in [0.25, 0.3) is 0 Å². The summed E-state index contributed by atoms with van der Waals surface area (Å²) in [6, 6.07) is 1.50. The molecule has 1 saturated heterocycles. The Morgan fingerprint density at radius 2 is 2.08 bits per heavy atom. The first kappa shape index (κ1) is 20.6. The molecule has 1 aromatic rings. The summed E-state index contributed by atoms with van der Waals surface area (Å²) in [5.41, 5.74) is 1.05. The smallest absolute Gasteiger partial charge is 0.247 e. The van der Waals surface area contributed by atoms with Gasteiger partial charge >= 0.3 is 0 Å². The molecule has 1 aliphatic heterocycles. The van der Waals surface area contributed by atoms with Crippen LogP contribution >= 0.6 is 0 Å². The van der Waals surface area contributed by atoms with Gasteiger partial charge in [0.15, 0.2) is 9.84 Å². The van der Waals surface area contributed by atoms with Crippen LogP contribution in [0.15, 0.2) is 17.2 Å². The van der Waals surface area contributed by atoms with Gasteiger partial charge < -0.3 is 14.0 Å². The lowest BCUT2D eigenvalue weighted by Gasteiger charge is -2.30. The zero-order chi connectivity index (χ0) is 19.4. The Kier molecular flexibility index (Phi) is 6.59. The number of amides is 1. The van der Waals surface area contributed by atoms with E-state index in [0.717, 1.165) is 0 Å². The molecule has 26 heavy (non-hydrogen) atoms. The van der Waals surface area contributed by atoms with E-state index in [0.29, 0.717) is 50.5 Å². The van der Waals surface area contributed by atoms with Gasteiger partial charge in [-0.2, -0.15) is 0 Å². The molecule has 0 saturated carbocycles. The number of nitrogens with one attached hydrogen (secondary N) is 1. The first-order valence-electron chi connectivity index (χ1n) is 8.55. The van der Waals surface area contributed by atoms with Gasteiger partial charge in [-0.3, -0.25) is 10.1 Å². The van der Waals surface area contributed by atoms with E-state index in [-0.39, 0.29) is 5.88 Å². The monoisotopic (exact) mass is 386 g/mol. The molecule has 8 nitrogen and oxygen atoms in total. The first-order chi connectivity index (χ1) is 12.2. The van der Waals surface area contributed by atoms with Crippen molar-refractivity contribution in [1.82, 2.24) is 5.16 Å². The van der Waals surface area contributed by atoms with E-state index in [9.17, 15) is 13.2 Å². The molecule has 1 aromatic heterocycles. The molecule has 0 aliphatic carbocycles. The molecule has 0 bridgehead atoms. The number of carbonyl (C=O) groups excluding carboxylic acids is 1. The van der Waals surface area contributed by atoms with Crippen molar-refractivity contribution in [1.29, 1.82) is 0 Å². The normalized spacial score (nSPS) is 16.4. The van der Waals surface area contributed by atoms with E-state index in [1.54, 1.807) is 0 Å². The Morgan fingerprint density at radius 3 is 2.69 bits per heavy atom. The maximum Gasteiger partial charge on any atom is 0.247 e. The summed E-state index contributed by atoms with van der Waals surface area (Å²) in [5.74, 6) is -0.597. The average molecular weight is 386 g/mol. The van der Waals surface area contributed by atoms with Crippen LogP contribution < -0.4 is 5.32 Å².